The molecule has 0 N–H and O–H groups in total. The van der Waals surface area contributed by atoms with E-state index in [9.17, 15) is 0 Å². The van der Waals surface area contributed by atoms with E-state index in [1.165, 1.54) is 92.1 Å². The van der Waals surface area contributed by atoms with Gasteiger partial charge in [-0.25, -0.2) is 0 Å². The Balaban J connectivity index is 0.910. The minimum atomic E-state index is -0.209. The number of hydrogen-bond donors (Lipinski definition) is 0. The van der Waals surface area contributed by atoms with Gasteiger partial charge in [0.1, 0.15) is 0 Å². The summed E-state index contributed by atoms with van der Waals surface area (Å²) >= 11 is 1.88. The second-order valence-electron chi connectivity index (χ2n) is 16.6. The first-order valence-corrected chi connectivity index (χ1v) is 22.2. The molecule has 12 rings (SSSR count). The Kier molecular flexibility index (Phi) is 8.55. The third kappa shape index (κ3) is 5.90. The van der Waals surface area contributed by atoms with Crippen LogP contribution < -0.4 is 4.90 Å². The van der Waals surface area contributed by atoms with E-state index in [2.05, 4.69) is 242 Å². The van der Waals surface area contributed by atoms with Gasteiger partial charge in [0.15, 0.2) is 0 Å². The number of anilines is 3. The maximum Gasteiger partial charge on any atom is 0.0468 e. The van der Waals surface area contributed by atoms with Gasteiger partial charge in [0.05, 0.1) is 0 Å². The van der Waals surface area contributed by atoms with Crippen molar-refractivity contribution in [3.63, 3.8) is 0 Å². The fourth-order valence-electron chi connectivity index (χ4n) is 9.96. The van der Waals surface area contributed by atoms with E-state index < -0.39 is 0 Å². The van der Waals surface area contributed by atoms with Crippen LogP contribution in [0.25, 0.3) is 75.5 Å². The second kappa shape index (κ2) is 14.6. The molecule has 0 amide bonds. The highest BCUT2D eigenvalue weighted by Crippen LogP contribution is 2.52. The predicted octanol–water partition coefficient (Wildman–Crippen LogP) is 17.0. The van der Waals surface area contributed by atoms with Crippen LogP contribution >= 0.6 is 11.3 Å². The monoisotopic (exact) mass is 807 g/mol. The van der Waals surface area contributed by atoms with Crippen molar-refractivity contribution in [2.45, 2.75) is 12.3 Å². The van der Waals surface area contributed by atoms with Gasteiger partial charge < -0.3 is 4.90 Å². The number of hydrogen-bond acceptors (Lipinski definition) is 2. The first kappa shape index (κ1) is 36.3. The van der Waals surface area contributed by atoms with E-state index in [0.717, 1.165) is 17.1 Å². The first-order chi connectivity index (χ1) is 30.6. The van der Waals surface area contributed by atoms with Crippen LogP contribution in [0.15, 0.2) is 231 Å². The summed E-state index contributed by atoms with van der Waals surface area (Å²) in [7, 11) is 0. The molecule has 0 atom stereocenters. The molecule has 0 saturated heterocycles. The van der Waals surface area contributed by atoms with Gasteiger partial charge in [-0.2, -0.15) is 0 Å². The second-order valence-corrected chi connectivity index (χ2v) is 17.7. The smallest absolute Gasteiger partial charge is 0.0468 e. The van der Waals surface area contributed by atoms with Gasteiger partial charge in [-0.15, -0.1) is 11.3 Å². The van der Waals surface area contributed by atoms with Crippen molar-refractivity contribution in [2.24, 2.45) is 0 Å². The molecule has 11 aromatic rings. The highest BCUT2D eigenvalue weighted by Gasteiger charge is 2.40. The summed E-state index contributed by atoms with van der Waals surface area (Å²) in [5, 5.41) is 5.07. The summed E-state index contributed by atoms with van der Waals surface area (Å²) in [6, 6.07) is 84.9. The molecule has 1 aliphatic rings. The third-order valence-corrected chi connectivity index (χ3v) is 14.4. The average molecular weight is 808 g/mol. The van der Waals surface area contributed by atoms with Gasteiger partial charge in [-0.1, -0.05) is 182 Å². The Morgan fingerprint density at radius 2 is 0.855 bits per heavy atom. The van der Waals surface area contributed by atoms with Crippen LogP contribution in [0, 0.1) is 0 Å². The minimum Gasteiger partial charge on any atom is -0.310 e. The van der Waals surface area contributed by atoms with Crippen molar-refractivity contribution in [1.29, 1.82) is 0 Å². The Bertz CT molecular complexity index is 3410. The summed E-state index contributed by atoms with van der Waals surface area (Å²) in [5.41, 5.74) is 17.2. The SMILES string of the molecule is CC1(c2ccc(-c3ccc(N(c4ccc(-c5cccc6c5sc5ccccc56)cc4)c4ccc5cc(-c6ccccc6)ccc5c4)cc3)cc2)c2ccccc2-c2ccccc21. The van der Waals surface area contributed by atoms with Crippen molar-refractivity contribution in [2.75, 3.05) is 4.90 Å². The van der Waals surface area contributed by atoms with Gasteiger partial charge in [0.2, 0.25) is 0 Å². The molecule has 0 fully saturated rings. The summed E-state index contributed by atoms with van der Waals surface area (Å²) in [6.07, 6.45) is 0. The molecule has 62 heavy (non-hydrogen) atoms. The van der Waals surface area contributed by atoms with E-state index in [-0.39, 0.29) is 5.41 Å². The van der Waals surface area contributed by atoms with Crippen LogP contribution in [-0.4, -0.2) is 0 Å². The lowest BCUT2D eigenvalue weighted by molar-refractivity contribution is 0.714. The topological polar surface area (TPSA) is 3.24 Å². The lowest BCUT2D eigenvalue weighted by atomic mass is 9.74. The average Bonchev–Trinajstić information content (AvgIpc) is 3.86. The zero-order chi connectivity index (χ0) is 41.2. The fraction of sp³-hybridized carbons (Fsp3) is 0.0333. The number of thiophene rings is 1. The highest BCUT2D eigenvalue weighted by atomic mass is 32.1. The Labute approximate surface area is 366 Å². The quantitative estimate of drug-likeness (QED) is 0.155. The molecule has 0 radical (unpaired) electrons. The number of nitrogens with zero attached hydrogens (tertiary/aromatic N) is 1. The number of fused-ring (bicyclic) bond motifs is 7. The van der Waals surface area contributed by atoms with Crippen molar-refractivity contribution in [1.82, 2.24) is 0 Å². The highest BCUT2D eigenvalue weighted by molar-refractivity contribution is 7.26. The Morgan fingerprint density at radius 3 is 1.56 bits per heavy atom. The van der Waals surface area contributed by atoms with E-state index in [1.807, 2.05) is 11.3 Å². The molecule has 1 aromatic heterocycles. The molecule has 0 bridgehead atoms. The standard InChI is InChI=1S/C60H41NS/c1-60(56-19-8-5-14-52(56)53-15-6-9-20-57(53)60)47-31-24-41(25-32-47)42-26-33-48(34-27-42)61(50-37-30-45-38-44(22-23-46(45)39-50)40-12-3-2-4-13-40)49-35-28-43(29-36-49)51-17-11-18-55-54-16-7-10-21-58(54)62-59(51)55/h2-39H,1H3. The lowest BCUT2D eigenvalue weighted by Crippen LogP contribution is -2.22. The molecular formula is C60H41NS. The van der Waals surface area contributed by atoms with Crippen molar-refractivity contribution in [3.8, 4) is 44.5 Å². The summed E-state index contributed by atoms with van der Waals surface area (Å²) < 4.78 is 2.65. The van der Waals surface area contributed by atoms with E-state index in [4.69, 9.17) is 0 Å². The van der Waals surface area contributed by atoms with Crippen LogP contribution in [0.5, 0.6) is 0 Å². The van der Waals surface area contributed by atoms with Gasteiger partial charge in [-0.3, -0.25) is 0 Å². The molecular weight excluding hydrogens is 767 g/mol. The maximum atomic E-state index is 2.39. The molecule has 1 aliphatic carbocycles. The van der Waals surface area contributed by atoms with Crippen LogP contribution in [-0.2, 0) is 5.41 Å². The molecule has 0 spiro atoms. The zero-order valence-corrected chi connectivity index (χ0v) is 35.1. The van der Waals surface area contributed by atoms with Gasteiger partial charge >= 0.3 is 0 Å². The molecule has 0 saturated carbocycles. The number of rotatable bonds is 7. The third-order valence-electron chi connectivity index (χ3n) is 13.2. The summed E-state index contributed by atoms with van der Waals surface area (Å²) in [4.78, 5) is 2.39. The van der Waals surface area contributed by atoms with E-state index in [0.29, 0.717) is 0 Å². The number of benzene rings is 10. The summed E-state index contributed by atoms with van der Waals surface area (Å²) in [5.74, 6) is 0. The minimum absolute atomic E-state index is 0.209. The largest absolute Gasteiger partial charge is 0.310 e. The molecule has 0 unspecified atom stereocenters. The van der Waals surface area contributed by atoms with Crippen LogP contribution in [0.1, 0.15) is 23.6 Å². The van der Waals surface area contributed by atoms with E-state index in [1.54, 1.807) is 0 Å². The maximum absolute atomic E-state index is 2.39. The van der Waals surface area contributed by atoms with Gasteiger partial charge in [0, 0.05) is 42.6 Å². The normalized spacial score (nSPS) is 12.7. The van der Waals surface area contributed by atoms with E-state index >= 15 is 0 Å². The molecule has 1 heterocycles. The first-order valence-electron chi connectivity index (χ1n) is 21.4. The van der Waals surface area contributed by atoms with Gasteiger partial charge in [-0.05, 0) is 127 Å². The van der Waals surface area contributed by atoms with Crippen molar-refractivity contribution >= 4 is 59.3 Å². The van der Waals surface area contributed by atoms with Crippen LogP contribution in [0.2, 0.25) is 0 Å². The zero-order valence-electron chi connectivity index (χ0n) is 34.3. The Morgan fingerprint density at radius 1 is 0.355 bits per heavy atom. The molecule has 10 aromatic carbocycles. The predicted molar refractivity (Wildman–Crippen MR) is 265 cm³/mol. The molecule has 0 aliphatic heterocycles. The Hall–Kier alpha value is -7.52. The molecule has 1 nitrogen and oxygen atoms in total. The molecule has 292 valence electrons. The van der Waals surface area contributed by atoms with Crippen molar-refractivity contribution < 1.29 is 0 Å². The fourth-order valence-corrected chi connectivity index (χ4v) is 11.2. The van der Waals surface area contributed by atoms with Crippen molar-refractivity contribution in [3.05, 3.63) is 247 Å². The van der Waals surface area contributed by atoms with Gasteiger partial charge in [0.25, 0.3) is 0 Å². The summed E-state index contributed by atoms with van der Waals surface area (Å²) in [6.45, 7) is 2.38. The molecule has 2 heteroatoms. The van der Waals surface area contributed by atoms with Crippen LogP contribution in [0.3, 0.4) is 0 Å². The van der Waals surface area contributed by atoms with Crippen LogP contribution in [0.4, 0.5) is 17.1 Å². The lowest BCUT2D eigenvalue weighted by Gasteiger charge is -2.28.